The fourth-order valence-electron chi connectivity index (χ4n) is 4.03. The smallest absolute Gasteiger partial charge is 0.414 e. The molecule has 3 aromatic rings. The van der Waals surface area contributed by atoms with E-state index in [9.17, 15) is 14.4 Å². The number of rotatable bonds is 12. The molecule has 3 heterocycles. The zero-order chi connectivity index (χ0) is 27.1. The maximum Gasteiger partial charge on any atom is 0.414 e. The lowest BCUT2D eigenvalue weighted by Crippen LogP contribution is -2.34. The first-order chi connectivity index (χ1) is 18.4. The lowest BCUT2D eigenvalue weighted by atomic mass is 10.1. The minimum absolute atomic E-state index is 0.152. The van der Waals surface area contributed by atoms with Gasteiger partial charge in [0.25, 0.3) is 11.5 Å². The minimum Gasteiger partial charge on any atom is -0.487 e. The van der Waals surface area contributed by atoms with Gasteiger partial charge >= 0.3 is 6.09 Å². The van der Waals surface area contributed by atoms with Crippen LogP contribution in [-0.2, 0) is 9.47 Å². The summed E-state index contributed by atoms with van der Waals surface area (Å²) in [6, 6.07) is 11.9. The Morgan fingerprint density at radius 3 is 2.74 bits per heavy atom. The van der Waals surface area contributed by atoms with Gasteiger partial charge in [0.05, 0.1) is 25.4 Å². The number of aromatic nitrogens is 2. The molecular weight excluding hydrogens is 514 g/mol. The third-order valence-electron chi connectivity index (χ3n) is 5.94. The first-order valence-electron chi connectivity index (χ1n) is 12.1. The number of carbonyl (C=O) groups excluding carboxylic acids is 2. The monoisotopic (exact) mass is 543 g/mol. The van der Waals surface area contributed by atoms with Gasteiger partial charge < -0.3 is 29.8 Å². The summed E-state index contributed by atoms with van der Waals surface area (Å²) < 4.78 is 17.6. The SMILES string of the molecule is COCCNCCOc1cccn(-c2ccc(N3CC(CNC(=O)c4ccc(Cl)[nH]4)OC3=O)cc2C)c1=O. The molecule has 2 aromatic heterocycles. The van der Waals surface area contributed by atoms with Crippen molar-refractivity contribution in [3.05, 3.63) is 75.4 Å². The van der Waals surface area contributed by atoms with Gasteiger partial charge in [0.2, 0.25) is 0 Å². The van der Waals surface area contributed by atoms with Crippen LogP contribution in [0.3, 0.4) is 0 Å². The van der Waals surface area contributed by atoms with Crippen LogP contribution in [0, 0.1) is 6.92 Å². The lowest BCUT2D eigenvalue weighted by molar-refractivity contribution is 0.0912. The number of anilines is 1. The third-order valence-corrected chi connectivity index (χ3v) is 6.16. The third kappa shape index (κ3) is 6.55. The predicted molar refractivity (Wildman–Crippen MR) is 143 cm³/mol. The standard InChI is InChI=1S/C26H30ClN5O6/c1-17-14-18(32-16-19(38-26(32)35)15-29-24(33)20-6-8-23(27)30-20)5-7-21(17)31-11-3-4-22(25(31)34)37-13-10-28-9-12-36-2/h3-8,11,14,19,28,30H,9-10,12-13,15-16H2,1-2H3,(H,29,33). The van der Waals surface area contributed by atoms with Gasteiger partial charge in [-0.05, 0) is 55.0 Å². The van der Waals surface area contributed by atoms with Gasteiger partial charge in [-0.25, -0.2) is 4.79 Å². The van der Waals surface area contributed by atoms with Crippen LogP contribution in [0.25, 0.3) is 5.69 Å². The number of benzene rings is 1. The summed E-state index contributed by atoms with van der Waals surface area (Å²) >= 11 is 5.81. The van der Waals surface area contributed by atoms with Crippen molar-refractivity contribution in [2.75, 3.05) is 51.4 Å². The summed E-state index contributed by atoms with van der Waals surface area (Å²) in [4.78, 5) is 42.0. The molecule has 1 saturated heterocycles. The van der Waals surface area contributed by atoms with E-state index in [-0.39, 0.29) is 30.3 Å². The molecule has 1 atom stereocenters. The Labute approximate surface area is 224 Å². The van der Waals surface area contributed by atoms with Crippen molar-refractivity contribution in [1.82, 2.24) is 20.2 Å². The molecule has 4 rings (SSSR count). The van der Waals surface area contributed by atoms with Crippen molar-refractivity contribution in [3.63, 3.8) is 0 Å². The fourth-order valence-corrected chi connectivity index (χ4v) is 4.19. The summed E-state index contributed by atoms with van der Waals surface area (Å²) in [6.07, 6.45) is 0.650. The molecule has 0 aliphatic carbocycles. The number of hydrogen-bond acceptors (Lipinski definition) is 7. The van der Waals surface area contributed by atoms with Crippen molar-refractivity contribution < 1.29 is 23.8 Å². The number of aryl methyl sites for hydroxylation is 1. The summed E-state index contributed by atoms with van der Waals surface area (Å²) in [5, 5.41) is 6.26. The van der Waals surface area contributed by atoms with Crippen LogP contribution in [0.15, 0.2) is 53.5 Å². The summed E-state index contributed by atoms with van der Waals surface area (Å²) in [5.74, 6) is -0.0928. The number of pyridine rings is 1. The normalized spacial score (nSPS) is 15.0. The lowest BCUT2D eigenvalue weighted by Gasteiger charge is -2.17. The molecule has 1 aliphatic heterocycles. The first kappa shape index (κ1) is 27.2. The van der Waals surface area contributed by atoms with Gasteiger partial charge in [0.1, 0.15) is 23.6 Å². The van der Waals surface area contributed by atoms with Crippen LogP contribution < -0.4 is 25.8 Å². The Bertz CT molecular complexity index is 1340. The van der Waals surface area contributed by atoms with Gasteiger partial charge in [-0.3, -0.25) is 19.1 Å². The molecule has 1 aliphatic rings. The number of hydrogen-bond donors (Lipinski definition) is 3. The van der Waals surface area contributed by atoms with Gasteiger partial charge in [-0.15, -0.1) is 0 Å². The van der Waals surface area contributed by atoms with E-state index in [1.807, 2.05) is 13.0 Å². The maximum absolute atomic E-state index is 13.0. The van der Waals surface area contributed by atoms with E-state index in [2.05, 4.69) is 15.6 Å². The minimum atomic E-state index is -0.516. The average Bonchev–Trinajstić information content (AvgIpc) is 3.51. The van der Waals surface area contributed by atoms with E-state index in [1.165, 1.54) is 9.47 Å². The largest absolute Gasteiger partial charge is 0.487 e. The van der Waals surface area contributed by atoms with Crippen LogP contribution in [0.4, 0.5) is 10.5 Å². The number of carbonyl (C=O) groups is 2. The highest BCUT2D eigenvalue weighted by atomic mass is 35.5. The summed E-state index contributed by atoms with van der Waals surface area (Å²) in [6.45, 7) is 4.51. The number of ether oxygens (including phenoxy) is 3. The average molecular weight is 544 g/mol. The number of nitrogens with zero attached hydrogens (tertiary/aromatic N) is 2. The Balaban J connectivity index is 1.38. The van der Waals surface area contributed by atoms with Gasteiger partial charge in [0, 0.05) is 32.1 Å². The van der Waals surface area contributed by atoms with Crippen molar-refractivity contribution in [2.45, 2.75) is 13.0 Å². The molecule has 1 fully saturated rings. The second kappa shape index (κ2) is 12.6. The van der Waals surface area contributed by atoms with E-state index < -0.39 is 12.2 Å². The van der Waals surface area contributed by atoms with E-state index in [0.29, 0.717) is 48.5 Å². The highest BCUT2D eigenvalue weighted by Gasteiger charge is 2.33. The second-order valence-electron chi connectivity index (χ2n) is 8.66. The highest BCUT2D eigenvalue weighted by molar-refractivity contribution is 6.29. The van der Waals surface area contributed by atoms with E-state index >= 15 is 0 Å². The fraction of sp³-hybridized carbons (Fsp3) is 0.346. The zero-order valence-corrected chi connectivity index (χ0v) is 21.9. The van der Waals surface area contributed by atoms with Gasteiger partial charge in [-0.2, -0.15) is 0 Å². The number of H-pyrrole nitrogens is 1. The predicted octanol–water partition coefficient (Wildman–Crippen LogP) is 2.50. The van der Waals surface area contributed by atoms with Gasteiger partial charge in [0.15, 0.2) is 5.75 Å². The van der Waals surface area contributed by atoms with E-state index in [4.69, 9.17) is 25.8 Å². The molecule has 0 radical (unpaired) electrons. The molecule has 0 saturated carbocycles. The van der Waals surface area contributed by atoms with E-state index in [0.717, 1.165) is 5.56 Å². The molecule has 3 N–H and O–H groups in total. The number of methoxy groups -OCH3 is 1. The molecule has 0 spiro atoms. The van der Waals surface area contributed by atoms with Crippen LogP contribution in [0.2, 0.25) is 5.15 Å². The molecule has 0 bridgehead atoms. The quantitative estimate of drug-likeness (QED) is 0.300. The van der Waals surface area contributed by atoms with Crippen LogP contribution in [0.5, 0.6) is 5.75 Å². The number of amides is 2. The van der Waals surface area contributed by atoms with Gasteiger partial charge in [-0.1, -0.05) is 11.6 Å². The number of nitrogens with one attached hydrogen (secondary N) is 3. The second-order valence-corrected chi connectivity index (χ2v) is 9.06. The Morgan fingerprint density at radius 2 is 2.00 bits per heavy atom. The highest BCUT2D eigenvalue weighted by Crippen LogP contribution is 2.26. The van der Waals surface area contributed by atoms with Crippen molar-refractivity contribution in [1.29, 1.82) is 0 Å². The summed E-state index contributed by atoms with van der Waals surface area (Å²) in [5.41, 5.74) is 2.13. The molecule has 1 aromatic carbocycles. The molecule has 12 heteroatoms. The van der Waals surface area contributed by atoms with Crippen molar-refractivity contribution in [2.24, 2.45) is 0 Å². The number of cyclic esters (lactones) is 1. The molecular formula is C26H30ClN5O6. The summed E-state index contributed by atoms with van der Waals surface area (Å²) in [7, 11) is 1.64. The molecule has 1 unspecified atom stereocenters. The van der Waals surface area contributed by atoms with Crippen LogP contribution in [-0.4, -0.2) is 74.2 Å². The Morgan fingerprint density at radius 1 is 1.18 bits per heavy atom. The molecule has 38 heavy (non-hydrogen) atoms. The Hall–Kier alpha value is -3.80. The zero-order valence-electron chi connectivity index (χ0n) is 21.2. The number of aromatic amines is 1. The van der Waals surface area contributed by atoms with Crippen molar-refractivity contribution >= 4 is 29.3 Å². The first-order valence-corrected chi connectivity index (χ1v) is 12.5. The molecule has 11 nitrogen and oxygen atoms in total. The molecule has 202 valence electrons. The molecule has 2 amide bonds. The Kier molecular flexibility index (Phi) is 9.06. The van der Waals surface area contributed by atoms with Crippen molar-refractivity contribution in [3.8, 4) is 11.4 Å². The number of halogens is 1. The van der Waals surface area contributed by atoms with E-state index in [1.54, 1.807) is 49.7 Å². The van der Waals surface area contributed by atoms with Crippen LogP contribution in [0.1, 0.15) is 16.1 Å². The maximum atomic E-state index is 13.0. The van der Waals surface area contributed by atoms with Crippen LogP contribution >= 0.6 is 11.6 Å². The topological polar surface area (TPSA) is 127 Å².